The lowest BCUT2D eigenvalue weighted by Gasteiger charge is -2.10. The molecule has 0 heterocycles. The largest absolute Gasteiger partial charge is 0.507 e. The summed E-state index contributed by atoms with van der Waals surface area (Å²) in [6.45, 7) is 0. The van der Waals surface area contributed by atoms with E-state index < -0.39 is 5.97 Å². The molecular formula is C22H20O3. The van der Waals surface area contributed by atoms with Gasteiger partial charge in [-0.05, 0) is 41.2 Å². The molecule has 0 saturated heterocycles. The molecule has 0 bridgehead atoms. The van der Waals surface area contributed by atoms with E-state index in [4.69, 9.17) is 4.74 Å². The number of hydrogen-bond donors (Lipinski definition) is 1. The van der Waals surface area contributed by atoms with E-state index in [1.807, 2.05) is 24.3 Å². The van der Waals surface area contributed by atoms with E-state index in [-0.39, 0.29) is 11.3 Å². The molecule has 0 amide bonds. The molecule has 0 aliphatic carbocycles. The van der Waals surface area contributed by atoms with Crippen molar-refractivity contribution in [3.8, 4) is 16.9 Å². The van der Waals surface area contributed by atoms with Gasteiger partial charge in [0.1, 0.15) is 11.3 Å². The second kappa shape index (κ2) is 7.67. The number of carbonyl (C=O) groups excluding carboxylic acids is 1. The maximum atomic E-state index is 11.9. The third-order valence-corrected chi connectivity index (χ3v) is 4.26. The summed E-state index contributed by atoms with van der Waals surface area (Å²) in [7, 11) is 1.32. The number of rotatable bonds is 5. The Bertz CT molecular complexity index is 852. The van der Waals surface area contributed by atoms with Gasteiger partial charge in [-0.3, -0.25) is 0 Å². The lowest BCUT2D eigenvalue weighted by molar-refractivity contribution is 0.0596. The Morgan fingerprint density at radius 3 is 2.20 bits per heavy atom. The van der Waals surface area contributed by atoms with Crippen LogP contribution in [0, 0.1) is 0 Å². The molecule has 3 rings (SSSR count). The molecule has 0 saturated carbocycles. The van der Waals surface area contributed by atoms with E-state index in [1.54, 1.807) is 6.07 Å². The van der Waals surface area contributed by atoms with Crippen LogP contribution in [0.5, 0.6) is 5.75 Å². The smallest absolute Gasteiger partial charge is 0.341 e. The molecular weight excluding hydrogens is 312 g/mol. The quantitative estimate of drug-likeness (QED) is 0.693. The van der Waals surface area contributed by atoms with Gasteiger partial charge in [-0.15, -0.1) is 0 Å². The fourth-order valence-electron chi connectivity index (χ4n) is 2.91. The highest BCUT2D eigenvalue weighted by molar-refractivity contribution is 5.94. The fourth-order valence-corrected chi connectivity index (χ4v) is 2.91. The Balaban J connectivity index is 1.74. The summed E-state index contributed by atoms with van der Waals surface area (Å²) in [5.41, 5.74) is 4.59. The third-order valence-electron chi connectivity index (χ3n) is 4.26. The lowest BCUT2D eigenvalue weighted by atomic mass is 9.97. The molecule has 0 spiro atoms. The molecule has 0 atom stereocenters. The molecule has 0 aliphatic rings. The van der Waals surface area contributed by atoms with E-state index >= 15 is 0 Å². The molecule has 126 valence electrons. The molecule has 3 nitrogen and oxygen atoms in total. The maximum Gasteiger partial charge on any atom is 0.341 e. The average molecular weight is 332 g/mol. The van der Waals surface area contributed by atoms with Crippen molar-refractivity contribution in [2.24, 2.45) is 0 Å². The monoisotopic (exact) mass is 332 g/mol. The minimum absolute atomic E-state index is 0.0382. The van der Waals surface area contributed by atoms with E-state index in [9.17, 15) is 9.90 Å². The highest BCUT2D eigenvalue weighted by Crippen LogP contribution is 2.24. The van der Waals surface area contributed by atoms with Crippen molar-refractivity contribution < 1.29 is 14.6 Å². The number of ether oxygens (including phenoxy) is 1. The molecule has 3 heteroatoms. The van der Waals surface area contributed by atoms with E-state index in [0.717, 1.165) is 12.0 Å². The zero-order chi connectivity index (χ0) is 17.6. The van der Waals surface area contributed by atoms with Crippen molar-refractivity contribution in [1.82, 2.24) is 0 Å². The summed E-state index contributed by atoms with van der Waals surface area (Å²) in [4.78, 5) is 11.9. The summed E-state index contributed by atoms with van der Waals surface area (Å²) in [5.74, 6) is -0.545. The molecule has 0 aliphatic heterocycles. The van der Waals surface area contributed by atoms with Crippen LogP contribution in [0.15, 0.2) is 72.8 Å². The summed E-state index contributed by atoms with van der Waals surface area (Å²) < 4.78 is 4.78. The first-order valence-electron chi connectivity index (χ1n) is 8.22. The van der Waals surface area contributed by atoms with E-state index in [1.165, 1.54) is 29.9 Å². The average Bonchev–Trinajstić information content (AvgIpc) is 2.67. The number of phenolic OH excluding ortho intramolecular Hbond substituents is 1. The van der Waals surface area contributed by atoms with Gasteiger partial charge in [-0.25, -0.2) is 4.79 Å². The number of hydrogen-bond acceptors (Lipinski definition) is 3. The van der Waals surface area contributed by atoms with E-state index in [2.05, 4.69) is 36.4 Å². The van der Waals surface area contributed by atoms with Crippen molar-refractivity contribution in [2.45, 2.75) is 12.8 Å². The van der Waals surface area contributed by atoms with Crippen LogP contribution in [0.1, 0.15) is 21.5 Å². The maximum absolute atomic E-state index is 11.9. The summed E-state index contributed by atoms with van der Waals surface area (Å²) in [5, 5.41) is 9.95. The van der Waals surface area contributed by atoms with Crippen LogP contribution in [0.25, 0.3) is 11.1 Å². The highest BCUT2D eigenvalue weighted by Gasteiger charge is 2.16. The SMILES string of the molecule is COC(=O)c1c(O)cccc1CCc1ccc(-c2ccccc2)cc1. The van der Waals surface area contributed by atoms with Gasteiger partial charge >= 0.3 is 5.97 Å². The van der Waals surface area contributed by atoms with Crippen LogP contribution in [0.4, 0.5) is 0 Å². The summed E-state index contributed by atoms with van der Waals surface area (Å²) in [6, 6.07) is 23.7. The van der Waals surface area contributed by atoms with Crippen molar-refractivity contribution in [3.63, 3.8) is 0 Å². The Morgan fingerprint density at radius 1 is 0.840 bits per heavy atom. The van der Waals surface area contributed by atoms with Gasteiger partial charge in [0.15, 0.2) is 0 Å². The Labute approximate surface area is 147 Å². The normalized spacial score (nSPS) is 10.4. The third kappa shape index (κ3) is 3.89. The predicted octanol–water partition coefficient (Wildman–Crippen LogP) is 4.63. The molecule has 0 radical (unpaired) electrons. The molecule has 25 heavy (non-hydrogen) atoms. The van der Waals surface area contributed by atoms with Gasteiger partial charge in [0.25, 0.3) is 0 Å². The van der Waals surface area contributed by atoms with Gasteiger partial charge in [0.2, 0.25) is 0 Å². The Kier molecular flexibility index (Phi) is 5.14. The molecule has 0 aromatic heterocycles. The minimum Gasteiger partial charge on any atom is -0.507 e. The first-order valence-corrected chi connectivity index (χ1v) is 8.22. The predicted molar refractivity (Wildman–Crippen MR) is 98.7 cm³/mol. The van der Waals surface area contributed by atoms with Crippen molar-refractivity contribution in [2.75, 3.05) is 7.11 Å². The van der Waals surface area contributed by atoms with E-state index in [0.29, 0.717) is 6.42 Å². The summed E-state index contributed by atoms with van der Waals surface area (Å²) in [6.07, 6.45) is 1.44. The Hall–Kier alpha value is -3.07. The van der Waals surface area contributed by atoms with Crippen LogP contribution in [-0.2, 0) is 17.6 Å². The van der Waals surface area contributed by atoms with Crippen molar-refractivity contribution in [3.05, 3.63) is 89.5 Å². The van der Waals surface area contributed by atoms with Crippen LogP contribution >= 0.6 is 0 Å². The van der Waals surface area contributed by atoms with Crippen molar-refractivity contribution >= 4 is 5.97 Å². The number of methoxy groups -OCH3 is 1. The van der Waals surface area contributed by atoms with Crippen LogP contribution in [0.3, 0.4) is 0 Å². The molecule has 3 aromatic rings. The van der Waals surface area contributed by atoms with Gasteiger partial charge in [-0.1, -0.05) is 66.7 Å². The van der Waals surface area contributed by atoms with Crippen LogP contribution in [-0.4, -0.2) is 18.2 Å². The first kappa shape index (κ1) is 16.8. The minimum atomic E-state index is -0.507. The molecule has 0 unspecified atom stereocenters. The first-order chi connectivity index (χ1) is 12.2. The lowest BCUT2D eigenvalue weighted by Crippen LogP contribution is -2.07. The second-order valence-electron chi connectivity index (χ2n) is 5.87. The Morgan fingerprint density at radius 2 is 1.52 bits per heavy atom. The number of carbonyl (C=O) groups is 1. The molecule has 0 fully saturated rings. The number of esters is 1. The van der Waals surface area contributed by atoms with Crippen LogP contribution in [0.2, 0.25) is 0 Å². The fraction of sp³-hybridized carbons (Fsp3) is 0.136. The van der Waals surface area contributed by atoms with Gasteiger partial charge in [0.05, 0.1) is 7.11 Å². The van der Waals surface area contributed by atoms with Gasteiger partial charge in [0, 0.05) is 0 Å². The van der Waals surface area contributed by atoms with Crippen LogP contribution < -0.4 is 0 Å². The number of phenols is 1. The number of aryl methyl sites for hydroxylation is 2. The number of aromatic hydroxyl groups is 1. The number of benzene rings is 3. The zero-order valence-corrected chi connectivity index (χ0v) is 14.1. The van der Waals surface area contributed by atoms with Gasteiger partial charge < -0.3 is 9.84 Å². The zero-order valence-electron chi connectivity index (χ0n) is 14.1. The standard InChI is InChI=1S/C22H20O3/c1-25-22(24)21-19(8-5-9-20(21)23)15-12-16-10-13-18(14-11-16)17-6-3-2-4-7-17/h2-11,13-14,23H,12,15H2,1H3. The topological polar surface area (TPSA) is 46.5 Å². The van der Waals surface area contributed by atoms with Gasteiger partial charge in [-0.2, -0.15) is 0 Å². The van der Waals surface area contributed by atoms with Crippen molar-refractivity contribution in [1.29, 1.82) is 0 Å². The second-order valence-corrected chi connectivity index (χ2v) is 5.87. The molecule has 1 N–H and O–H groups in total. The highest BCUT2D eigenvalue weighted by atomic mass is 16.5. The summed E-state index contributed by atoms with van der Waals surface area (Å²) >= 11 is 0. The molecule has 3 aromatic carbocycles.